The van der Waals surface area contributed by atoms with E-state index in [9.17, 15) is 9.18 Å². The van der Waals surface area contributed by atoms with Crippen LogP contribution in [0.25, 0.3) is 0 Å². The summed E-state index contributed by atoms with van der Waals surface area (Å²) in [6.07, 6.45) is 2.92. The molecule has 3 rings (SSSR count). The number of hydrogen-bond donors (Lipinski definition) is 0. The Hall–Kier alpha value is -1.82. The number of amides is 1. The number of halogens is 1. The molecule has 2 aliphatic heterocycles. The number of benzene rings is 1. The standard InChI is InChI=1S/C15H19FN2O3/c1-20-10-21-15-13(16)3-2-4-14(15)18-11-5-6-12(18)8-17(7-11)9-19/h2-4,9,11-12H,5-8,10H2,1H3. The molecule has 0 N–H and O–H groups in total. The highest BCUT2D eigenvalue weighted by molar-refractivity contribution is 5.62. The number of rotatable bonds is 5. The van der Waals surface area contributed by atoms with Crippen LogP contribution in [0.3, 0.4) is 0 Å². The third-order valence-corrected chi connectivity index (χ3v) is 4.20. The van der Waals surface area contributed by atoms with Crippen molar-refractivity contribution < 1.29 is 18.7 Å². The number of hydrogen-bond acceptors (Lipinski definition) is 4. The van der Waals surface area contributed by atoms with Crippen LogP contribution in [0, 0.1) is 5.82 Å². The van der Waals surface area contributed by atoms with Crippen molar-refractivity contribution in [3.8, 4) is 5.75 Å². The summed E-state index contributed by atoms with van der Waals surface area (Å²) in [5, 5.41) is 0. The van der Waals surface area contributed by atoms with Gasteiger partial charge in [-0.2, -0.15) is 0 Å². The second-order valence-electron chi connectivity index (χ2n) is 5.49. The summed E-state index contributed by atoms with van der Waals surface area (Å²) in [6.45, 7) is 1.37. The molecule has 2 fully saturated rings. The molecule has 5 nitrogen and oxygen atoms in total. The van der Waals surface area contributed by atoms with Crippen LogP contribution in [-0.4, -0.2) is 50.4 Å². The molecule has 0 saturated carbocycles. The Bertz CT molecular complexity index is 512. The first-order valence-electron chi connectivity index (χ1n) is 7.12. The summed E-state index contributed by atoms with van der Waals surface area (Å²) >= 11 is 0. The molecule has 2 unspecified atom stereocenters. The first-order chi connectivity index (χ1) is 10.2. The van der Waals surface area contributed by atoms with Crippen LogP contribution in [0.4, 0.5) is 10.1 Å². The maximum absolute atomic E-state index is 14.1. The normalized spacial score (nSPS) is 24.3. The average Bonchev–Trinajstić information content (AvgIpc) is 2.75. The zero-order valence-electron chi connectivity index (χ0n) is 12.0. The van der Waals surface area contributed by atoms with Crippen molar-refractivity contribution in [2.75, 3.05) is 31.9 Å². The van der Waals surface area contributed by atoms with Crippen LogP contribution >= 0.6 is 0 Å². The number of methoxy groups -OCH3 is 1. The quantitative estimate of drug-likeness (QED) is 0.611. The number of fused-ring (bicyclic) bond motifs is 2. The Balaban J connectivity index is 1.90. The molecule has 1 amide bonds. The maximum atomic E-state index is 14.1. The van der Waals surface area contributed by atoms with Gasteiger partial charge in [-0.1, -0.05) is 6.07 Å². The maximum Gasteiger partial charge on any atom is 0.209 e. The van der Waals surface area contributed by atoms with Gasteiger partial charge in [0.25, 0.3) is 0 Å². The van der Waals surface area contributed by atoms with Gasteiger partial charge in [-0.25, -0.2) is 4.39 Å². The van der Waals surface area contributed by atoms with Crippen LogP contribution in [0.5, 0.6) is 5.75 Å². The van der Waals surface area contributed by atoms with E-state index in [1.165, 1.54) is 13.2 Å². The smallest absolute Gasteiger partial charge is 0.209 e. The van der Waals surface area contributed by atoms with Crippen LogP contribution in [-0.2, 0) is 9.53 Å². The third-order valence-electron chi connectivity index (χ3n) is 4.20. The SMILES string of the molecule is COCOc1c(F)cccc1N1C2CCC1CN(C=O)C2. The lowest BCUT2D eigenvalue weighted by Gasteiger charge is -2.41. The zero-order valence-corrected chi connectivity index (χ0v) is 12.0. The van der Waals surface area contributed by atoms with Crippen LogP contribution in [0.2, 0.25) is 0 Å². The predicted molar refractivity (Wildman–Crippen MR) is 75.8 cm³/mol. The van der Waals surface area contributed by atoms with E-state index in [1.54, 1.807) is 11.0 Å². The van der Waals surface area contributed by atoms with Crippen LogP contribution in [0.1, 0.15) is 12.8 Å². The number of carbonyl (C=O) groups excluding carboxylic acids is 1. The monoisotopic (exact) mass is 294 g/mol. The van der Waals surface area contributed by atoms with Crippen LogP contribution in [0.15, 0.2) is 18.2 Å². The van der Waals surface area contributed by atoms with Gasteiger partial charge in [0.05, 0.1) is 5.69 Å². The minimum atomic E-state index is -0.387. The fourth-order valence-corrected chi connectivity index (χ4v) is 3.38. The molecule has 6 heteroatoms. The molecule has 2 aliphatic rings. The number of carbonyl (C=O) groups is 1. The summed E-state index contributed by atoms with van der Waals surface area (Å²) < 4.78 is 24.4. The van der Waals surface area contributed by atoms with Crippen LogP contribution < -0.4 is 9.64 Å². The Morgan fingerprint density at radius 2 is 2.05 bits per heavy atom. The van der Waals surface area contributed by atoms with E-state index in [4.69, 9.17) is 9.47 Å². The van der Waals surface area contributed by atoms with E-state index < -0.39 is 0 Å². The Labute approximate surface area is 123 Å². The summed E-state index contributed by atoms with van der Waals surface area (Å²) in [4.78, 5) is 15.0. The molecule has 114 valence electrons. The number of nitrogens with zero attached hydrogens (tertiary/aromatic N) is 2. The zero-order chi connectivity index (χ0) is 14.8. The van der Waals surface area contributed by atoms with Gasteiger partial charge in [-0.15, -0.1) is 0 Å². The number of piperazine rings is 1. The lowest BCUT2D eigenvalue weighted by atomic mass is 10.1. The highest BCUT2D eigenvalue weighted by Gasteiger charge is 2.41. The van der Waals surface area contributed by atoms with Crippen molar-refractivity contribution in [1.29, 1.82) is 0 Å². The van der Waals surface area contributed by atoms with E-state index in [0.717, 1.165) is 24.9 Å². The number of ether oxygens (including phenoxy) is 2. The highest BCUT2D eigenvalue weighted by Crippen LogP contribution is 2.40. The molecule has 21 heavy (non-hydrogen) atoms. The van der Waals surface area contributed by atoms with Crippen molar-refractivity contribution in [3.63, 3.8) is 0 Å². The van der Waals surface area contributed by atoms with Gasteiger partial charge in [0.15, 0.2) is 18.4 Å². The molecule has 2 heterocycles. The second kappa shape index (κ2) is 5.89. The molecule has 2 bridgehead atoms. The van der Waals surface area contributed by atoms with Crippen molar-refractivity contribution in [2.45, 2.75) is 24.9 Å². The highest BCUT2D eigenvalue weighted by atomic mass is 19.1. The molecule has 2 saturated heterocycles. The largest absolute Gasteiger partial charge is 0.462 e. The molecule has 2 atom stereocenters. The summed E-state index contributed by atoms with van der Waals surface area (Å²) in [5.41, 5.74) is 0.755. The molecule has 0 radical (unpaired) electrons. The average molecular weight is 294 g/mol. The molecular formula is C15H19FN2O3. The van der Waals surface area contributed by atoms with Gasteiger partial charge in [-0.05, 0) is 25.0 Å². The van der Waals surface area contributed by atoms with Gasteiger partial charge in [0, 0.05) is 32.3 Å². The van der Waals surface area contributed by atoms with Gasteiger partial charge < -0.3 is 19.3 Å². The number of anilines is 1. The molecule has 0 spiro atoms. The van der Waals surface area contributed by atoms with Gasteiger partial charge in [-0.3, -0.25) is 4.79 Å². The lowest BCUT2D eigenvalue weighted by Crippen LogP contribution is -2.53. The minimum Gasteiger partial charge on any atom is -0.462 e. The van der Waals surface area contributed by atoms with E-state index in [2.05, 4.69) is 4.90 Å². The summed E-state index contributed by atoms with van der Waals surface area (Å²) in [7, 11) is 1.51. The van der Waals surface area contributed by atoms with Gasteiger partial charge in [0.1, 0.15) is 0 Å². The minimum absolute atomic E-state index is 0.0115. The Morgan fingerprint density at radius 3 is 2.67 bits per heavy atom. The molecule has 0 aliphatic carbocycles. The summed E-state index contributed by atoms with van der Waals surface area (Å²) in [6, 6.07) is 5.39. The third kappa shape index (κ3) is 2.55. The van der Waals surface area contributed by atoms with Crippen molar-refractivity contribution >= 4 is 12.1 Å². The van der Waals surface area contributed by atoms with Gasteiger partial charge in [0.2, 0.25) is 6.41 Å². The predicted octanol–water partition coefficient (Wildman–Crippen LogP) is 1.62. The number of likely N-dealkylation sites (tertiary alicyclic amines) is 1. The second-order valence-corrected chi connectivity index (χ2v) is 5.49. The van der Waals surface area contributed by atoms with E-state index in [0.29, 0.717) is 13.1 Å². The lowest BCUT2D eigenvalue weighted by molar-refractivity contribution is -0.119. The molecule has 1 aromatic carbocycles. The summed E-state index contributed by atoms with van der Waals surface area (Å²) in [5.74, 6) is -0.155. The van der Waals surface area contributed by atoms with Crippen molar-refractivity contribution in [3.05, 3.63) is 24.0 Å². The molecular weight excluding hydrogens is 275 g/mol. The van der Waals surface area contributed by atoms with E-state index in [-0.39, 0.29) is 30.4 Å². The topological polar surface area (TPSA) is 42.0 Å². The first kappa shape index (κ1) is 14.1. The van der Waals surface area contributed by atoms with Gasteiger partial charge >= 0.3 is 0 Å². The fourth-order valence-electron chi connectivity index (χ4n) is 3.38. The molecule has 1 aromatic rings. The van der Waals surface area contributed by atoms with E-state index in [1.807, 2.05) is 6.07 Å². The molecule has 0 aromatic heterocycles. The Kier molecular flexibility index (Phi) is 3.96. The fraction of sp³-hybridized carbons (Fsp3) is 0.533. The van der Waals surface area contributed by atoms with Crippen molar-refractivity contribution in [2.24, 2.45) is 0 Å². The Morgan fingerprint density at radius 1 is 1.33 bits per heavy atom. The van der Waals surface area contributed by atoms with Crippen molar-refractivity contribution in [1.82, 2.24) is 4.90 Å². The first-order valence-corrected chi connectivity index (χ1v) is 7.12. The van der Waals surface area contributed by atoms with E-state index >= 15 is 0 Å². The number of para-hydroxylation sites is 1.